The van der Waals surface area contributed by atoms with E-state index in [0.717, 1.165) is 11.4 Å². The lowest BCUT2D eigenvalue weighted by molar-refractivity contribution is -0.125. The maximum Gasteiger partial charge on any atom is 0.245 e. The van der Waals surface area contributed by atoms with Crippen molar-refractivity contribution in [2.45, 2.75) is 13.5 Å². The van der Waals surface area contributed by atoms with Crippen molar-refractivity contribution in [3.05, 3.63) is 36.4 Å². The standard InChI is InChI=1S/C10H13N3O/c1-4-10(14)13(3)7-9-5-11-8(2)12-6-9/h4-6H,1,7H2,2-3H3. The molecule has 0 bridgehead atoms. The number of nitrogens with zero attached hydrogens (tertiary/aromatic N) is 3. The zero-order chi connectivity index (χ0) is 10.6. The lowest BCUT2D eigenvalue weighted by Gasteiger charge is -2.14. The lowest BCUT2D eigenvalue weighted by Crippen LogP contribution is -2.24. The number of carbonyl (C=O) groups excluding carboxylic acids is 1. The molecule has 0 N–H and O–H groups in total. The predicted molar refractivity (Wildman–Crippen MR) is 53.4 cm³/mol. The van der Waals surface area contributed by atoms with Gasteiger partial charge in [0.25, 0.3) is 0 Å². The molecule has 14 heavy (non-hydrogen) atoms. The van der Waals surface area contributed by atoms with Gasteiger partial charge in [0.05, 0.1) is 0 Å². The Bertz CT molecular complexity index is 332. The number of carbonyl (C=O) groups is 1. The van der Waals surface area contributed by atoms with Crippen LogP contribution < -0.4 is 0 Å². The summed E-state index contributed by atoms with van der Waals surface area (Å²) in [6.07, 6.45) is 4.72. The van der Waals surface area contributed by atoms with Crippen LogP contribution >= 0.6 is 0 Å². The van der Waals surface area contributed by atoms with E-state index in [4.69, 9.17) is 0 Å². The Balaban J connectivity index is 2.64. The van der Waals surface area contributed by atoms with Gasteiger partial charge >= 0.3 is 0 Å². The SMILES string of the molecule is C=CC(=O)N(C)Cc1cnc(C)nc1. The van der Waals surface area contributed by atoms with Crippen LogP contribution in [-0.4, -0.2) is 27.8 Å². The van der Waals surface area contributed by atoms with Gasteiger partial charge in [0.1, 0.15) is 5.82 Å². The molecule has 0 aliphatic rings. The van der Waals surface area contributed by atoms with Crippen LogP contribution in [0, 0.1) is 6.92 Å². The van der Waals surface area contributed by atoms with Gasteiger partial charge < -0.3 is 4.90 Å². The molecule has 0 fully saturated rings. The van der Waals surface area contributed by atoms with Gasteiger partial charge in [0.2, 0.25) is 5.91 Å². The van der Waals surface area contributed by atoms with Crippen molar-refractivity contribution in [2.75, 3.05) is 7.05 Å². The highest BCUT2D eigenvalue weighted by atomic mass is 16.2. The first-order valence-corrected chi connectivity index (χ1v) is 4.28. The Labute approximate surface area is 83.3 Å². The molecule has 0 atom stereocenters. The fraction of sp³-hybridized carbons (Fsp3) is 0.300. The zero-order valence-corrected chi connectivity index (χ0v) is 8.40. The number of hydrogen-bond donors (Lipinski definition) is 0. The molecule has 0 aliphatic heterocycles. The van der Waals surface area contributed by atoms with Crippen LogP contribution in [-0.2, 0) is 11.3 Å². The normalized spacial score (nSPS) is 9.57. The first-order chi connectivity index (χ1) is 6.63. The third-order valence-corrected chi connectivity index (χ3v) is 1.81. The summed E-state index contributed by atoms with van der Waals surface area (Å²) in [5.74, 6) is 0.622. The fourth-order valence-electron chi connectivity index (χ4n) is 1.01. The Morgan fingerprint density at radius 3 is 2.64 bits per heavy atom. The first-order valence-electron chi connectivity index (χ1n) is 4.28. The second-order valence-electron chi connectivity index (χ2n) is 3.04. The molecule has 1 aromatic rings. The summed E-state index contributed by atoms with van der Waals surface area (Å²) in [6, 6.07) is 0. The summed E-state index contributed by atoms with van der Waals surface area (Å²) in [4.78, 5) is 20.8. The quantitative estimate of drug-likeness (QED) is 0.668. The van der Waals surface area contributed by atoms with E-state index in [0.29, 0.717) is 6.54 Å². The Morgan fingerprint density at radius 1 is 1.57 bits per heavy atom. The molecule has 1 heterocycles. The van der Waals surface area contributed by atoms with Crippen molar-refractivity contribution in [1.82, 2.24) is 14.9 Å². The van der Waals surface area contributed by atoms with Gasteiger partial charge in [-0.25, -0.2) is 9.97 Å². The minimum Gasteiger partial charge on any atom is -0.338 e. The molecule has 0 saturated heterocycles. The van der Waals surface area contributed by atoms with Crippen LogP contribution in [0.5, 0.6) is 0 Å². The molecule has 1 amide bonds. The minimum atomic E-state index is -0.106. The van der Waals surface area contributed by atoms with E-state index in [2.05, 4.69) is 16.5 Å². The predicted octanol–water partition coefficient (Wildman–Crippen LogP) is 0.929. The molecule has 0 radical (unpaired) electrons. The highest BCUT2D eigenvalue weighted by Gasteiger charge is 2.04. The van der Waals surface area contributed by atoms with E-state index in [1.807, 2.05) is 6.92 Å². The smallest absolute Gasteiger partial charge is 0.245 e. The van der Waals surface area contributed by atoms with Crippen LogP contribution in [0.25, 0.3) is 0 Å². The molecule has 74 valence electrons. The van der Waals surface area contributed by atoms with Crippen LogP contribution in [0.2, 0.25) is 0 Å². The molecule has 4 nitrogen and oxygen atoms in total. The van der Waals surface area contributed by atoms with Crippen LogP contribution in [0.3, 0.4) is 0 Å². The van der Waals surface area contributed by atoms with Crippen molar-refractivity contribution < 1.29 is 4.79 Å². The van der Waals surface area contributed by atoms with Crippen LogP contribution in [0.4, 0.5) is 0 Å². The van der Waals surface area contributed by atoms with Crippen molar-refractivity contribution in [3.8, 4) is 0 Å². The molecule has 4 heteroatoms. The van der Waals surface area contributed by atoms with Crippen molar-refractivity contribution in [1.29, 1.82) is 0 Å². The second kappa shape index (κ2) is 4.50. The maximum atomic E-state index is 11.2. The summed E-state index contributed by atoms with van der Waals surface area (Å²) in [5, 5.41) is 0. The molecule has 0 aliphatic carbocycles. The number of aromatic nitrogens is 2. The Kier molecular flexibility index (Phi) is 3.34. The molecule has 0 unspecified atom stereocenters. The largest absolute Gasteiger partial charge is 0.338 e. The number of hydrogen-bond acceptors (Lipinski definition) is 3. The second-order valence-corrected chi connectivity index (χ2v) is 3.04. The molecule has 0 aromatic carbocycles. The molecular weight excluding hydrogens is 178 g/mol. The van der Waals surface area contributed by atoms with Gasteiger partial charge in [0, 0.05) is 31.5 Å². The fourth-order valence-corrected chi connectivity index (χ4v) is 1.01. The lowest BCUT2D eigenvalue weighted by atomic mass is 10.3. The van der Waals surface area contributed by atoms with Crippen molar-refractivity contribution >= 4 is 5.91 Å². The van der Waals surface area contributed by atoms with E-state index in [-0.39, 0.29) is 5.91 Å². The average Bonchev–Trinajstić information content (AvgIpc) is 2.20. The highest BCUT2D eigenvalue weighted by molar-refractivity contribution is 5.86. The summed E-state index contributed by atoms with van der Waals surface area (Å²) in [7, 11) is 1.71. The van der Waals surface area contributed by atoms with E-state index in [1.54, 1.807) is 24.3 Å². The van der Waals surface area contributed by atoms with Gasteiger partial charge in [-0.3, -0.25) is 4.79 Å². The van der Waals surface area contributed by atoms with E-state index in [1.165, 1.54) is 6.08 Å². The van der Waals surface area contributed by atoms with Gasteiger partial charge in [-0.2, -0.15) is 0 Å². The maximum absolute atomic E-state index is 11.2. The molecule has 0 saturated carbocycles. The van der Waals surface area contributed by atoms with Gasteiger partial charge in [0.15, 0.2) is 0 Å². The summed E-state index contributed by atoms with van der Waals surface area (Å²) >= 11 is 0. The number of rotatable bonds is 3. The van der Waals surface area contributed by atoms with Crippen LogP contribution in [0.15, 0.2) is 25.0 Å². The van der Waals surface area contributed by atoms with Crippen LogP contribution in [0.1, 0.15) is 11.4 Å². The van der Waals surface area contributed by atoms with Crippen molar-refractivity contribution in [2.24, 2.45) is 0 Å². The van der Waals surface area contributed by atoms with E-state index in [9.17, 15) is 4.79 Å². The van der Waals surface area contributed by atoms with Gasteiger partial charge in [-0.15, -0.1) is 0 Å². The monoisotopic (exact) mass is 191 g/mol. The van der Waals surface area contributed by atoms with Gasteiger partial charge in [-0.1, -0.05) is 6.58 Å². The third-order valence-electron chi connectivity index (χ3n) is 1.81. The molecule has 1 rings (SSSR count). The minimum absolute atomic E-state index is 0.106. The first kappa shape index (κ1) is 10.4. The number of amides is 1. The van der Waals surface area contributed by atoms with E-state index < -0.39 is 0 Å². The van der Waals surface area contributed by atoms with E-state index >= 15 is 0 Å². The summed E-state index contributed by atoms with van der Waals surface area (Å²) < 4.78 is 0. The average molecular weight is 191 g/mol. The van der Waals surface area contributed by atoms with Gasteiger partial charge in [-0.05, 0) is 13.0 Å². The third kappa shape index (κ3) is 2.65. The molecule has 1 aromatic heterocycles. The Hall–Kier alpha value is -1.71. The topological polar surface area (TPSA) is 46.1 Å². The highest BCUT2D eigenvalue weighted by Crippen LogP contribution is 2.00. The molecule has 0 spiro atoms. The number of aryl methyl sites for hydroxylation is 1. The summed E-state index contributed by atoms with van der Waals surface area (Å²) in [6.45, 7) is 5.74. The molecular formula is C10H13N3O. The van der Waals surface area contributed by atoms with Crippen molar-refractivity contribution in [3.63, 3.8) is 0 Å². The zero-order valence-electron chi connectivity index (χ0n) is 8.40. The summed E-state index contributed by atoms with van der Waals surface area (Å²) in [5.41, 5.74) is 0.910. The Morgan fingerprint density at radius 2 is 2.14 bits per heavy atom. The number of likely N-dealkylation sites (N-methyl/N-ethyl adjacent to an activating group) is 1.